The van der Waals surface area contributed by atoms with E-state index in [4.69, 9.17) is 5.84 Å². The van der Waals surface area contributed by atoms with Crippen LogP contribution in [-0.4, -0.2) is 0 Å². The quantitative estimate of drug-likeness (QED) is 0.345. The fraction of sp³-hybridized carbons (Fsp3) is 0.538. The third kappa shape index (κ3) is 4.39. The molecule has 90 valence electrons. The number of benzene rings is 1. The summed E-state index contributed by atoms with van der Waals surface area (Å²) in [4.78, 5) is 0. The molecule has 1 aromatic carbocycles. The number of hydrazine groups is 1. The molecule has 1 rings (SSSR count). The van der Waals surface area contributed by atoms with Crippen molar-refractivity contribution in [2.45, 2.75) is 45.1 Å². The lowest BCUT2D eigenvalue weighted by molar-refractivity contribution is 0.480. The SMILES string of the molecule is CCCCCCC(NN)c1ccccc1I. The van der Waals surface area contributed by atoms with Crippen molar-refractivity contribution in [1.29, 1.82) is 0 Å². The molecule has 0 aliphatic rings. The monoisotopic (exact) mass is 332 g/mol. The zero-order valence-electron chi connectivity index (χ0n) is 9.88. The summed E-state index contributed by atoms with van der Waals surface area (Å²) in [5.41, 5.74) is 4.25. The maximum Gasteiger partial charge on any atom is 0.0470 e. The molecular formula is C13H21IN2. The Bertz CT molecular complexity index is 302. The minimum atomic E-state index is 0.296. The fourth-order valence-corrected chi connectivity index (χ4v) is 2.62. The average molecular weight is 332 g/mol. The van der Waals surface area contributed by atoms with Gasteiger partial charge in [-0.25, -0.2) is 0 Å². The molecule has 0 heterocycles. The van der Waals surface area contributed by atoms with Gasteiger partial charge in [0.1, 0.15) is 0 Å². The third-order valence-electron chi connectivity index (χ3n) is 2.83. The van der Waals surface area contributed by atoms with Crippen LogP contribution in [-0.2, 0) is 0 Å². The first-order valence-corrected chi connectivity index (χ1v) is 7.08. The maximum atomic E-state index is 5.64. The van der Waals surface area contributed by atoms with E-state index in [2.05, 4.69) is 59.2 Å². The Balaban J connectivity index is 2.51. The van der Waals surface area contributed by atoms with E-state index < -0.39 is 0 Å². The van der Waals surface area contributed by atoms with E-state index in [0.29, 0.717) is 6.04 Å². The van der Waals surface area contributed by atoms with Gasteiger partial charge in [0, 0.05) is 9.61 Å². The highest BCUT2D eigenvalue weighted by molar-refractivity contribution is 14.1. The zero-order valence-corrected chi connectivity index (χ0v) is 12.0. The third-order valence-corrected chi connectivity index (χ3v) is 3.81. The lowest BCUT2D eigenvalue weighted by Crippen LogP contribution is -2.28. The van der Waals surface area contributed by atoms with E-state index in [1.54, 1.807) is 0 Å². The van der Waals surface area contributed by atoms with Crippen LogP contribution in [0.4, 0.5) is 0 Å². The number of halogens is 1. The Kier molecular flexibility index (Phi) is 7.00. The number of unbranched alkanes of at least 4 members (excludes halogenated alkanes) is 3. The highest BCUT2D eigenvalue weighted by Gasteiger charge is 2.11. The molecule has 0 bridgehead atoms. The lowest BCUT2D eigenvalue weighted by atomic mass is 10.0. The van der Waals surface area contributed by atoms with Crippen LogP contribution in [0.15, 0.2) is 24.3 Å². The minimum absolute atomic E-state index is 0.296. The van der Waals surface area contributed by atoms with Gasteiger partial charge in [0.2, 0.25) is 0 Å². The van der Waals surface area contributed by atoms with Crippen LogP contribution < -0.4 is 11.3 Å². The van der Waals surface area contributed by atoms with Gasteiger partial charge in [0.25, 0.3) is 0 Å². The number of hydrogen-bond acceptors (Lipinski definition) is 2. The second-order valence-corrected chi connectivity index (χ2v) is 5.25. The van der Waals surface area contributed by atoms with Crippen molar-refractivity contribution in [2.24, 2.45) is 5.84 Å². The Labute approximate surface area is 112 Å². The van der Waals surface area contributed by atoms with Gasteiger partial charge in [0.05, 0.1) is 0 Å². The molecule has 0 amide bonds. The molecule has 16 heavy (non-hydrogen) atoms. The van der Waals surface area contributed by atoms with Crippen molar-refractivity contribution in [2.75, 3.05) is 0 Å². The molecular weight excluding hydrogens is 311 g/mol. The smallest absolute Gasteiger partial charge is 0.0470 e. The van der Waals surface area contributed by atoms with Crippen molar-refractivity contribution >= 4 is 22.6 Å². The summed E-state index contributed by atoms with van der Waals surface area (Å²) in [6, 6.07) is 8.73. The van der Waals surface area contributed by atoms with Crippen LogP contribution in [0, 0.1) is 3.57 Å². The molecule has 1 unspecified atom stereocenters. The van der Waals surface area contributed by atoms with Gasteiger partial charge in [-0.1, -0.05) is 50.8 Å². The molecule has 0 aliphatic heterocycles. The van der Waals surface area contributed by atoms with Gasteiger partial charge in [-0.3, -0.25) is 11.3 Å². The predicted molar refractivity (Wildman–Crippen MR) is 78.0 cm³/mol. The van der Waals surface area contributed by atoms with E-state index in [-0.39, 0.29) is 0 Å². The Morgan fingerprint density at radius 1 is 1.25 bits per heavy atom. The van der Waals surface area contributed by atoms with E-state index >= 15 is 0 Å². The largest absolute Gasteiger partial charge is 0.271 e. The maximum absolute atomic E-state index is 5.64. The van der Waals surface area contributed by atoms with Crippen molar-refractivity contribution in [3.05, 3.63) is 33.4 Å². The first kappa shape index (κ1) is 13.9. The summed E-state index contributed by atoms with van der Waals surface area (Å²) in [6.07, 6.45) is 6.27. The van der Waals surface area contributed by atoms with Crippen LogP contribution >= 0.6 is 22.6 Å². The summed E-state index contributed by atoms with van der Waals surface area (Å²) >= 11 is 2.37. The molecule has 0 saturated heterocycles. The first-order valence-electron chi connectivity index (χ1n) is 6.00. The fourth-order valence-electron chi connectivity index (χ4n) is 1.86. The van der Waals surface area contributed by atoms with Gasteiger partial charge >= 0.3 is 0 Å². The number of nitrogens with one attached hydrogen (secondary N) is 1. The van der Waals surface area contributed by atoms with Gasteiger partial charge < -0.3 is 0 Å². The number of hydrogen-bond donors (Lipinski definition) is 2. The van der Waals surface area contributed by atoms with Crippen molar-refractivity contribution < 1.29 is 0 Å². The highest BCUT2D eigenvalue weighted by Crippen LogP contribution is 2.23. The summed E-state index contributed by atoms with van der Waals surface area (Å²) in [6.45, 7) is 2.23. The molecule has 0 aliphatic carbocycles. The Hall–Kier alpha value is -0.130. The van der Waals surface area contributed by atoms with Crippen LogP contribution in [0.5, 0.6) is 0 Å². The molecule has 1 aromatic rings. The van der Waals surface area contributed by atoms with E-state index in [0.717, 1.165) is 6.42 Å². The van der Waals surface area contributed by atoms with Crippen molar-refractivity contribution in [3.8, 4) is 0 Å². The summed E-state index contributed by atoms with van der Waals surface area (Å²) < 4.78 is 1.29. The topological polar surface area (TPSA) is 38.0 Å². The molecule has 0 fully saturated rings. The van der Waals surface area contributed by atoms with Crippen molar-refractivity contribution in [1.82, 2.24) is 5.43 Å². The van der Waals surface area contributed by atoms with Crippen LogP contribution in [0.25, 0.3) is 0 Å². The van der Waals surface area contributed by atoms with Gasteiger partial charge in [-0.2, -0.15) is 0 Å². The summed E-state index contributed by atoms with van der Waals surface area (Å²) in [5.74, 6) is 5.64. The molecule has 3 N–H and O–H groups in total. The molecule has 1 atom stereocenters. The zero-order chi connectivity index (χ0) is 11.8. The average Bonchev–Trinajstić information content (AvgIpc) is 2.31. The molecule has 2 nitrogen and oxygen atoms in total. The van der Waals surface area contributed by atoms with Crippen LogP contribution in [0.1, 0.15) is 50.6 Å². The Morgan fingerprint density at radius 2 is 2.00 bits per heavy atom. The van der Waals surface area contributed by atoms with Gasteiger partial charge in [0.15, 0.2) is 0 Å². The van der Waals surface area contributed by atoms with Crippen molar-refractivity contribution in [3.63, 3.8) is 0 Å². The predicted octanol–water partition coefficient (Wildman–Crippen LogP) is 3.77. The minimum Gasteiger partial charge on any atom is -0.271 e. The number of nitrogens with two attached hydrogens (primary N) is 1. The first-order chi connectivity index (χ1) is 7.79. The normalized spacial score (nSPS) is 12.7. The summed E-state index contributed by atoms with van der Waals surface area (Å²) in [7, 11) is 0. The van der Waals surface area contributed by atoms with Gasteiger partial charge in [-0.05, 0) is 40.6 Å². The lowest BCUT2D eigenvalue weighted by Gasteiger charge is -2.17. The second kappa shape index (κ2) is 8.03. The molecule has 0 radical (unpaired) electrons. The highest BCUT2D eigenvalue weighted by atomic mass is 127. The standard InChI is InChI=1S/C13H21IN2/c1-2-3-4-5-10-13(16-15)11-8-6-7-9-12(11)14/h6-9,13,16H,2-5,10,15H2,1H3. The molecule has 0 spiro atoms. The molecule has 0 aromatic heterocycles. The van der Waals surface area contributed by atoms with Crippen LogP contribution in [0.3, 0.4) is 0 Å². The van der Waals surface area contributed by atoms with E-state index in [1.807, 2.05) is 0 Å². The Morgan fingerprint density at radius 3 is 2.62 bits per heavy atom. The molecule has 0 saturated carbocycles. The number of rotatable bonds is 7. The van der Waals surface area contributed by atoms with E-state index in [9.17, 15) is 0 Å². The second-order valence-electron chi connectivity index (χ2n) is 4.09. The summed E-state index contributed by atoms with van der Waals surface area (Å²) in [5, 5.41) is 0. The molecule has 3 heteroatoms. The van der Waals surface area contributed by atoms with E-state index in [1.165, 1.54) is 34.8 Å². The van der Waals surface area contributed by atoms with Gasteiger partial charge in [-0.15, -0.1) is 0 Å². The van der Waals surface area contributed by atoms with Crippen LogP contribution in [0.2, 0.25) is 0 Å².